The van der Waals surface area contributed by atoms with Gasteiger partial charge in [0.1, 0.15) is 5.75 Å². The summed E-state index contributed by atoms with van der Waals surface area (Å²) in [5.41, 5.74) is 1.88. The Morgan fingerprint density at radius 1 is 0.964 bits per heavy atom. The molecule has 0 saturated carbocycles. The van der Waals surface area contributed by atoms with Crippen LogP contribution in [0.1, 0.15) is 46.5 Å². The lowest BCUT2D eigenvalue weighted by molar-refractivity contribution is -0.131. The van der Waals surface area contributed by atoms with Crippen molar-refractivity contribution in [3.8, 4) is 5.75 Å². The number of aryl methyl sites for hydroxylation is 1. The Morgan fingerprint density at radius 3 is 2.21 bits per heavy atom. The van der Waals surface area contributed by atoms with E-state index in [1.54, 1.807) is 19.1 Å². The third kappa shape index (κ3) is 5.77. The Morgan fingerprint density at radius 2 is 1.61 bits per heavy atom. The normalized spacial score (nSPS) is 10.1. The van der Waals surface area contributed by atoms with E-state index >= 15 is 0 Å². The number of carbonyl (C=O) groups is 4. The van der Waals surface area contributed by atoms with Gasteiger partial charge in [-0.3, -0.25) is 14.4 Å². The first kappa shape index (κ1) is 20.8. The molecule has 0 radical (unpaired) electrons. The van der Waals surface area contributed by atoms with Gasteiger partial charge in [0.25, 0.3) is 0 Å². The molecule has 0 aliphatic heterocycles. The van der Waals surface area contributed by atoms with Gasteiger partial charge < -0.3 is 14.8 Å². The molecule has 7 nitrogen and oxygen atoms in total. The highest BCUT2D eigenvalue weighted by molar-refractivity contribution is 6.00. The smallest absolute Gasteiger partial charge is 0.338 e. The number of carbonyl (C=O) groups excluding carboxylic acids is 4. The van der Waals surface area contributed by atoms with E-state index < -0.39 is 24.3 Å². The number of rotatable bonds is 7. The molecule has 0 spiro atoms. The van der Waals surface area contributed by atoms with Gasteiger partial charge in [-0.15, -0.1) is 0 Å². The monoisotopic (exact) mass is 383 g/mol. The van der Waals surface area contributed by atoms with E-state index in [4.69, 9.17) is 9.47 Å². The summed E-state index contributed by atoms with van der Waals surface area (Å²) in [6.07, 6.45) is 0.318. The Labute approximate surface area is 162 Å². The van der Waals surface area contributed by atoms with Crippen molar-refractivity contribution in [1.29, 1.82) is 0 Å². The summed E-state index contributed by atoms with van der Waals surface area (Å²) in [6, 6.07) is 10.7. The van der Waals surface area contributed by atoms with Gasteiger partial charge in [0.15, 0.2) is 12.4 Å². The van der Waals surface area contributed by atoms with Crippen LogP contribution in [0.4, 0.5) is 5.69 Å². The SMILES string of the molecule is CCC(=O)Nc1cc(C(=O)OCC(=O)c2ccc(OC(C)=O)cc2)ccc1C. The lowest BCUT2D eigenvalue weighted by Crippen LogP contribution is -2.15. The van der Waals surface area contributed by atoms with Gasteiger partial charge in [-0.25, -0.2) is 4.79 Å². The molecule has 2 aromatic carbocycles. The average molecular weight is 383 g/mol. The van der Waals surface area contributed by atoms with E-state index in [1.807, 2.05) is 6.92 Å². The zero-order valence-corrected chi connectivity index (χ0v) is 15.9. The van der Waals surface area contributed by atoms with Crippen molar-refractivity contribution in [3.05, 3.63) is 59.2 Å². The van der Waals surface area contributed by atoms with E-state index in [1.165, 1.54) is 37.3 Å². The fourth-order valence-electron chi connectivity index (χ4n) is 2.29. The fraction of sp³-hybridized carbons (Fsp3) is 0.238. The number of esters is 2. The summed E-state index contributed by atoms with van der Waals surface area (Å²) in [4.78, 5) is 46.9. The number of anilines is 1. The molecular formula is C21H21NO6. The van der Waals surface area contributed by atoms with Crippen LogP contribution in [0.15, 0.2) is 42.5 Å². The first-order valence-electron chi connectivity index (χ1n) is 8.69. The Kier molecular flexibility index (Phi) is 7.03. The van der Waals surface area contributed by atoms with Gasteiger partial charge in [0, 0.05) is 24.6 Å². The van der Waals surface area contributed by atoms with Crippen LogP contribution in [0.5, 0.6) is 5.75 Å². The van der Waals surface area contributed by atoms with Crippen LogP contribution in [-0.2, 0) is 14.3 Å². The van der Waals surface area contributed by atoms with E-state index in [9.17, 15) is 19.2 Å². The van der Waals surface area contributed by atoms with Crippen molar-refractivity contribution < 1.29 is 28.7 Å². The van der Waals surface area contributed by atoms with Gasteiger partial charge in [-0.1, -0.05) is 13.0 Å². The molecule has 1 N–H and O–H groups in total. The molecule has 0 atom stereocenters. The second-order valence-corrected chi connectivity index (χ2v) is 6.05. The second-order valence-electron chi connectivity index (χ2n) is 6.05. The predicted octanol–water partition coefficient (Wildman–Crippen LogP) is 3.31. The minimum Gasteiger partial charge on any atom is -0.454 e. The van der Waals surface area contributed by atoms with Crippen LogP contribution in [0.25, 0.3) is 0 Å². The van der Waals surface area contributed by atoms with Crippen LogP contribution in [0.2, 0.25) is 0 Å². The molecule has 2 aromatic rings. The van der Waals surface area contributed by atoms with Crippen molar-refractivity contribution >= 4 is 29.3 Å². The third-order valence-electron chi connectivity index (χ3n) is 3.84. The summed E-state index contributed by atoms with van der Waals surface area (Å²) in [5.74, 6) is -1.37. The number of ketones is 1. The molecule has 2 rings (SSSR count). The van der Waals surface area contributed by atoms with Gasteiger partial charge in [0.2, 0.25) is 5.91 Å². The molecule has 0 heterocycles. The maximum atomic E-state index is 12.2. The number of benzene rings is 2. The van der Waals surface area contributed by atoms with Crippen LogP contribution < -0.4 is 10.1 Å². The van der Waals surface area contributed by atoms with Crippen molar-refractivity contribution in [2.24, 2.45) is 0 Å². The van der Waals surface area contributed by atoms with Gasteiger partial charge in [-0.2, -0.15) is 0 Å². The summed E-state index contributed by atoms with van der Waals surface area (Å²) in [6.45, 7) is 4.38. The van der Waals surface area contributed by atoms with Crippen LogP contribution in [0.3, 0.4) is 0 Å². The van der Waals surface area contributed by atoms with Crippen LogP contribution in [-0.4, -0.2) is 30.2 Å². The van der Waals surface area contributed by atoms with Gasteiger partial charge in [-0.05, 0) is 48.9 Å². The summed E-state index contributed by atoms with van der Waals surface area (Å²) >= 11 is 0. The molecule has 0 bridgehead atoms. The number of amides is 1. The predicted molar refractivity (Wildman–Crippen MR) is 102 cm³/mol. The molecule has 0 aliphatic rings. The number of hydrogen-bond acceptors (Lipinski definition) is 6. The largest absolute Gasteiger partial charge is 0.454 e. The average Bonchev–Trinajstić information content (AvgIpc) is 2.67. The van der Waals surface area contributed by atoms with Crippen molar-refractivity contribution in [2.75, 3.05) is 11.9 Å². The van der Waals surface area contributed by atoms with E-state index in [2.05, 4.69) is 5.32 Å². The third-order valence-corrected chi connectivity index (χ3v) is 3.84. The highest BCUT2D eigenvalue weighted by atomic mass is 16.5. The number of ether oxygens (including phenoxy) is 2. The molecule has 0 saturated heterocycles. The van der Waals surface area contributed by atoms with Crippen molar-refractivity contribution in [3.63, 3.8) is 0 Å². The minimum atomic E-state index is -0.670. The Bertz CT molecular complexity index is 902. The lowest BCUT2D eigenvalue weighted by atomic mass is 10.1. The summed E-state index contributed by atoms with van der Waals surface area (Å²) < 4.78 is 9.97. The molecular weight excluding hydrogens is 362 g/mol. The van der Waals surface area contributed by atoms with Crippen molar-refractivity contribution in [2.45, 2.75) is 27.2 Å². The van der Waals surface area contributed by atoms with E-state index in [-0.39, 0.29) is 11.5 Å². The molecule has 146 valence electrons. The molecule has 28 heavy (non-hydrogen) atoms. The fourth-order valence-corrected chi connectivity index (χ4v) is 2.29. The van der Waals surface area contributed by atoms with E-state index in [0.29, 0.717) is 23.4 Å². The lowest BCUT2D eigenvalue weighted by Gasteiger charge is -2.10. The van der Waals surface area contributed by atoms with Gasteiger partial charge in [0.05, 0.1) is 5.56 Å². The molecule has 0 aliphatic carbocycles. The molecule has 0 fully saturated rings. The maximum absolute atomic E-state index is 12.2. The number of nitrogens with one attached hydrogen (secondary N) is 1. The van der Waals surface area contributed by atoms with Gasteiger partial charge >= 0.3 is 11.9 Å². The van der Waals surface area contributed by atoms with Crippen molar-refractivity contribution in [1.82, 2.24) is 0 Å². The summed E-state index contributed by atoms with van der Waals surface area (Å²) in [5, 5.41) is 2.72. The first-order chi connectivity index (χ1) is 13.3. The Hall–Kier alpha value is -3.48. The topological polar surface area (TPSA) is 98.8 Å². The van der Waals surface area contributed by atoms with E-state index in [0.717, 1.165) is 5.56 Å². The second kappa shape index (κ2) is 9.45. The molecule has 7 heteroatoms. The van der Waals surface area contributed by atoms with Crippen LogP contribution >= 0.6 is 0 Å². The first-order valence-corrected chi connectivity index (χ1v) is 8.69. The van der Waals surface area contributed by atoms with Crippen LogP contribution in [0, 0.1) is 6.92 Å². The summed E-state index contributed by atoms with van der Waals surface area (Å²) in [7, 11) is 0. The minimum absolute atomic E-state index is 0.166. The molecule has 0 aromatic heterocycles. The molecule has 0 unspecified atom stereocenters. The zero-order chi connectivity index (χ0) is 20.7. The Balaban J connectivity index is 1.99. The number of hydrogen-bond donors (Lipinski definition) is 1. The molecule has 1 amide bonds. The maximum Gasteiger partial charge on any atom is 0.338 e. The number of Topliss-reactive ketones (excluding diaryl/α,β-unsaturated/α-hetero) is 1. The zero-order valence-electron chi connectivity index (χ0n) is 15.9. The highest BCUT2D eigenvalue weighted by Crippen LogP contribution is 2.18. The standard InChI is InChI=1S/C21H21NO6/c1-4-20(25)22-18-11-16(6-5-13(18)2)21(26)27-12-19(24)15-7-9-17(10-8-15)28-14(3)23/h5-11H,4,12H2,1-3H3,(H,22,25). The highest BCUT2D eigenvalue weighted by Gasteiger charge is 2.14. The quantitative estimate of drug-likeness (QED) is 0.447.